The lowest BCUT2D eigenvalue weighted by Crippen LogP contribution is -2.01. The zero-order chi connectivity index (χ0) is 30.5. The van der Waals surface area contributed by atoms with Gasteiger partial charge in [0.15, 0.2) is 17.5 Å². The van der Waals surface area contributed by atoms with Gasteiger partial charge in [0, 0.05) is 16.7 Å². The molecule has 0 aliphatic carbocycles. The van der Waals surface area contributed by atoms with Gasteiger partial charge in [0.2, 0.25) is 0 Å². The van der Waals surface area contributed by atoms with Crippen LogP contribution in [0.1, 0.15) is 0 Å². The second-order valence-corrected chi connectivity index (χ2v) is 11.6. The van der Waals surface area contributed by atoms with Gasteiger partial charge in [-0.15, -0.1) is 0 Å². The summed E-state index contributed by atoms with van der Waals surface area (Å²) in [5.41, 5.74) is 5.09. The maximum atomic E-state index is 5.02. The van der Waals surface area contributed by atoms with Crippen LogP contribution in [-0.4, -0.2) is 15.0 Å². The molecule has 0 amide bonds. The molecule has 0 aliphatic heterocycles. The topological polar surface area (TPSA) is 38.7 Å². The van der Waals surface area contributed by atoms with Crippen molar-refractivity contribution in [1.82, 2.24) is 15.0 Å². The Kier molecular flexibility index (Phi) is 6.14. The van der Waals surface area contributed by atoms with Crippen molar-refractivity contribution in [3.05, 3.63) is 164 Å². The predicted molar refractivity (Wildman–Crippen MR) is 192 cm³/mol. The fourth-order valence-electron chi connectivity index (χ4n) is 6.68. The maximum Gasteiger partial charge on any atom is 0.164 e. The molecule has 9 rings (SSSR count). The van der Waals surface area contributed by atoms with E-state index in [-0.39, 0.29) is 0 Å². The summed E-state index contributed by atoms with van der Waals surface area (Å²) < 4.78 is 0. The van der Waals surface area contributed by atoms with Gasteiger partial charge in [0.05, 0.1) is 0 Å². The smallest absolute Gasteiger partial charge is 0.164 e. The van der Waals surface area contributed by atoms with Gasteiger partial charge in [-0.2, -0.15) is 0 Å². The molecule has 214 valence electrons. The SMILES string of the molecule is c1ccc(-c2nc(-c3ccccc3)nc(-c3ccccc3-c3ccc4c(ccc5c4ccc4ccc6ccccc6c45)c3)n2)cc1. The molecule has 0 aliphatic rings. The lowest BCUT2D eigenvalue weighted by molar-refractivity contribution is 1.07. The number of nitrogens with zero attached hydrogens (tertiary/aromatic N) is 3. The van der Waals surface area contributed by atoms with Crippen LogP contribution in [0.15, 0.2) is 164 Å². The molecule has 0 spiro atoms. The third-order valence-corrected chi connectivity index (χ3v) is 8.90. The van der Waals surface area contributed by atoms with Crippen LogP contribution in [0.3, 0.4) is 0 Å². The standard InChI is InChI=1S/C43H27N3/c1-3-12-30(13-4-1)41-44-42(31-14-5-2-6-15-31)46-43(45-41)39-18-10-9-16-34(39)32-22-24-35-33(27-32)23-26-38-37(35)25-21-29-20-19-28-11-7-8-17-36(28)40(29)38/h1-27H. The molecule has 9 aromatic rings. The molecule has 0 unspecified atom stereocenters. The monoisotopic (exact) mass is 585 g/mol. The molecule has 3 nitrogen and oxygen atoms in total. The van der Waals surface area contributed by atoms with Crippen molar-refractivity contribution in [2.24, 2.45) is 0 Å². The highest BCUT2D eigenvalue weighted by atomic mass is 15.0. The molecule has 1 aromatic heterocycles. The quantitative estimate of drug-likeness (QED) is 0.193. The van der Waals surface area contributed by atoms with Gasteiger partial charge in [-0.05, 0) is 60.3 Å². The van der Waals surface area contributed by atoms with Crippen molar-refractivity contribution >= 4 is 43.1 Å². The van der Waals surface area contributed by atoms with Crippen molar-refractivity contribution in [3.63, 3.8) is 0 Å². The molecule has 3 heteroatoms. The van der Waals surface area contributed by atoms with Crippen LogP contribution in [0.25, 0.3) is 88.4 Å². The van der Waals surface area contributed by atoms with Crippen molar-refractivity contribution in [2.45, 2.75) is 0 Å². The fourth-order valence-corrected chi connectivity index (χ4v) is 6.68. The Morgan fingerprint density at radius 2 is 0.826 bits per heavy atom. The van der Waals surface area contributed by atoms with E-state index in [1.807, 2.05) is 60.7 Å². The Balaban J connectivity index is 1.22. The van der Waals surface area contributed by atoms with Crippen LogP contribution in [0, 0.1) is 0 Å². The second kappa shape index (κ2) is 10.8. The zero-order valence-electron chi connectivity index (χ0n) is 24.9. The summed E-state index contributed by atoms with van der Waals surface area (Å²) in [5.74, 6) is 1.97. The van der Waals surface area contributed by atoms with Gasteiger partial charge < -0.3 is 0 Å². The van der Waals surface area contributed by atoms with Gasteiger partial charge in [-0.1, -0.05) is 158 Å². The summed E-state index contributed by atoms with van der Waals surface area (Å²) in [6.45, 7) is 0. The third kappa shape index (κ3) is 4.41. The summed E-state index contributed by atoms with van der Waals surface area (Å²) in [6, 6.07) is 57.6. The normalized spacial score (nSPS) is 11.5. The van der Waals surface area contributed by atoms with Gasteiger partial charge in [-0.25, -0.2) is 15.0 Å². The number of rotatable bonds is 4. The number of benzene rings is 8. The number of aromatic nitrogens is 3. The van der Waals surface area contributed by atoms with E-state index in [0.717, 1.165) is 27.8 Å². The van der Waals surface area contributed by atoms with Crippen molar-refractivity contribution in [2.75, 3.05) is 0 Å². The Morgan fingerprint density at radius 1 is 0.283 bits per heavy atom. The molecular weight excluding hydrogens is 558 g/mol. The van der Waals surface area contributed by atoms with Gasteiger partial charge in [0.1, 0.15) is 0 Å². The van der Waals surface area contributed by atoms with E-state index in [1.54, 1.807) is 0 Å². The average molecular weight is 586 g/mol. The van der Waals surface area contributed by atoms with E-state index in [0.29, 0.717) is 17.5 Å². The lowest BCUT2D eigenvalue weighted by atomic mass is 9.92. The van der Waals surface area contributed by atoms with Crippen LogP contribution < -0.4 is 0 Å². The maximum absolute atomic E-state index is 5.02. The largest absolute Gasteiger partial charge is 0.208 e. The third-order valence-electron chi connectivity index (χ3n) is 8.90. The predicted octanol–water partition coefficient (Wildman–Crippen LogP) is 11.2. The molecule has 0 bridgehead atoms. The van der Waals surface area contributed by atoms with Crippen LogP contribution in [0.4, 0.5) is 0 Å². The molecule has 0 saturated carbocycles. The lowest BCUT2D eigenvalue weighted by Gasteiger charge is -2.14. The molecule has 46 heavy (non-hydrogen) atoms. The number of hydrogen-bond acceptors (Lipinski definition) is 3. The summed E-state index contributed by atoms with van der Waals surface area (Å²) in [7, 11) is 0. The summed E-state index contributed by atoms with van der Waals surface area (Å²) in [4.78, 5) is 14.9. The van der Waals surface area contributed by atoms with Crippen LogP contribution >= 0.6 is 0 Å². The first-order valence-electron chi connectivity index (χ1n) is 15.5. The molecule has 1 heterocycles. The first-order valence-corrected chi connectivity index (χ1v) is 15.5. The minimum absolute atomic E-state index is 0.653. The van der Waals surface area contributed by atoms with Crippen molar-refractivity contribution in [3.8, 4) is 45.3 Å². The molecule has 0 saturated heterocycles. The van der Waals surface area contributed by atoms with E-state index >= 15 is 0 Å². The molecule has 0 radical (unpaired) electrons. The minimum atomic E-state index is 0.653. The zero-order valence-corrected chi connectivity index (χ0v) is 24.9. The van der Waals surface area contributed by atoms with E-state index in [1.165, 1.54) is 43.1 Å². The van der Waals surface area contributed by atoms with E-state index in [4.69, 9.17) is 15.0 Å². The highest BCUT2D eigenvalue weighted by Crippen LogP contribution is 2.38. The summed E-state index contributed by atoms with van der Waals surface area (Å²) in [5, 5.41) is 10.1. The van der Waals surface area contributed by atoms with Crippen LogP contribution in [-0.2, 0) is 0 Å². The van der Waals surface area contributed by atoms with Gasteiger partial charge >= 0.3 is 0 Å². The molecule has 0 N–H and O–H groups in total. The average Bonchev–Trinajstić information content (AvgIpc) is 3.14. The second-order valence-electron chi connectivity index (χ2n) is 11.6. The minimum Gasteiger partial charge on any atom is -0.208 e. The fraction of sp³-hybridized carbons (Fsp3) is 0. The molecular formula is C43H27N3. The number of fused-ring (bicyclic) bond motifs is 7. The van der Waals surface area contributed by atoms with Gasteiger partial charge in [0.25, 0.3) is 0 Å². The molecule has 8 aromatic carbocycles. The Morgan fingerprint density at radius 3 is 1.59 bits per heavy atom. The molecule has 0 fully saturated rings. The first-order chi connectivity index (χ1) is 22.8. The van der Waals surface area contributed by atoms with Crippen LogP contribution in [0.5, 0.6) is 0 Å². The van der Waals surface area contributed by atoms with E-state index in [9.17, 15) is 0 Å². The highest BCUT2D eigenvalue weighted by molar-refractivity contribution is 6.24. The Labute approximate surface area is 266 Å². The number of hydrogen-bond donors (Lipinski definition) is 0. The van der Waals surface area contributed by atoms with Crippen LogP contribution in [0.2, 0.25) is 0 Å². The molecule has 0 atom stereocenters. The summed E-state index contributed by atoms with van der Waals surface area (Å²) >= 11 is 0. The van der Waals surface area contributed by atoms with Crippen molar-refractivity contribution < 1.29 is 0 Å². The van der Waals surface area contributed by atoms with E-state index < -0.39 is 0 Å². The summed E-state index contributed by atoms with van der Waals surface area (Å²) in [6.07, 6.45) is 0. The van der Waals surface area contributed by atoms with Gasteiger partial charge in [-0.3, -0.25) is 0 Å². The van der Waals surface area contributed by atoms with Crippen molar-refractivity contribution in [1.29, 1.82) is 0 Å². The Hall–Kier alpha value is -6.19. The van der Waals surface area contributed by atoms with E-state index in [2.05, 4.69) is 103 Å². The Bertz CT molecular complexity index is 2520. The first kappa shape index (κ1) is 26.2. The highest BCUT2D eigenvalue weighted by Gasteiger charge is 2.16.